The zero-order valence-corrected chi connectivity index (χ0v) is 8.89. The van der Waals surface area contributed by atoms with Gasteiger partial charge in [-0.2, -0.15) is 5.10 Å². The molecule has 0 radical (unpaired) electrons. The number of aromatic amines is 1. The molecular weight excluding hydrogens is 208 g/mol. The van der Waals surface area contributed by atoms with E-state index < -0.39 is 5.97 Å². The third-order valence-corrected chi connectivity index (χ3v) is 2.17. The Morgan fingerprint density at radius 2 is 2.12 bits per heavy atom. The molecule has 2 aromatic heterocycles. The minimum Gasteiger partial charge on any atom is -0.464 e. The summed E-state index contributed by atoms with van der Waals surface area (Å²) in [5, 5.41) is 6.40. The Hall–Kier alpha value is -2.24. The topological polar surface area (TPSA) is 80.8 Å². The van der Waals surface area contributed by atoms with Gasteiger partial charge in [-0.05, 0) is 6.92 Å². The lowest BCUT2D eigenvalue weighted by Gasteiger charge is -2.02. The van der Waals surface area contributed by atoms with Crippen molar-refractivity contribution >= 4 is 5.97 Å². The minimum absolute atomic E-state index is 0.283. The van der Waals surface area contributed by atoms with E-state index in [0.29, 0.717) is 11.3 Å². The van der Waals surface area contributed by atoms with Crippen LogP contribution in [0.15, 0.2) is 18.6 Å². The first-order valence-corrected chi connectivity index (χ1v) is 4.63. The van der Waals surface area contributed by atoms with Crippen molar-refractivity contribution in [3.05, 3.63) is 30.0 Å². The Labute approximate surface area is 91.7 Å². The number of esters is 1. The van der Waals surface area contributed by atoms with Gasteiger partial charge in [0.15, 0.2) is 5.69 Å². The molecule has 1 N–H and O–H groups in total. The summed E-state index contributed by atoms with van der Waals surface area (Å²) in [5.74, 6) is -0.474. The molecule has 0 saturated heterocycles. The monoisotopic (exact) mass is 218 g/mol. The van der Waals surface area contributed by atoms with Gasteiger partial charge in [-0.3, -0.25) is 15.1 Å². The van der Waals surface area contributed by atoms with Crippen LogP contribution < -0.4 is 0 Å². The number of methoxy groups -OCH3 is 1. The maximum atomic E-state index is 11.4. The Balaban J connectivity index is 2.53. The summed E-state index contributed by atoms with van der Waals surface area (Å²) in [6.45, 7) is 1.82. The van der Waals surface area contributed by atoms with Crippen molar-refractivity contribution in [2.45, 2.75) is 6.92 Å². The van der Waals surface area contributed by atoms with Crippen molar-refractivity contribution in [2.75, 3.05) is 7.11 Å². The van der Waals surface area contributed by atoms with Crippen molar-refractivity contribution in [1.82, 2.24) is 20.2 Å². The first kappa shape index (κ1) is 10.3. The lowest BCUT2D eigenvalue weighted by molar-refractivity contribution is 0.0595. The van der Waals surface area contributed by atoms with Crippen molar-refractivity contribution in [2.24, 2.45) is 0 Å². The Kier molecular flexibility index (Phi) is 2.63. The molecule has 2 aromatic rings. The molecule has 2 rings (SSSR count). The lowest BCUT2D eigenvalue weighted by atomic mass is 10.1. The summed E-state index contributed by atoms with van der Waals surface area (Å²) in [7, 11) is 1.32. The number of aryl methyl sites for hydroxylation is 1. The number of carbonyl (C=O) groups excluding carboxylic acids is 1. The maximum absolute atomic E-state index is 11.4. The molecule has 6 heteroatoms. The van der Waals surface area contributed by atoms with Gasteiger partial charge in [-0.15, -0.1) is 0 Å². The molecule has 0 aliphatic carbocycles. The van der Waals surface area contributed by atoms with E-state index in [0.717, 1.165) is 5.69 Å². The van der Waals surface area contributed by atoms with Crippen molar-refractivity contribution < 1.29 is 9.53 Å². The van der Waals surface area contributed by atoms with Crippen LogP contribution in [0.3, 0.4) is 0 Å². The Morgan fingerprint density at radius 1 is 1.38 bits per heavy atom. The molecule has 0 aromatic carbocycles. The summed E-state index contributed by atoms with van der Waals surface area (Å²) in [5.41, 5.74) is 2.23. The first-order valence-electron chi connectivity index (χ1n) is 4.63. The van der Waals surface area contributed by atoms with Crippen LogP contribution in [0.25, 0.3) is 11.3 Å². The standard InChI is InChI=1S/C10H10N4O2/c1-6-8(12-4-3-11-6)7-5-13-14-9(7)10(15)16-2/h3-5H,1-2H3,(H,13,14). The van der Waals surface area contributed by atoms with Crippen LogP contribution in [0.1, 0.15) is 16.2 Å². The van der Waals surface area contributed by atoms with Crippen LogP contribution in [-0.4, -0.2) is 33.2 Å². The normalized spacial score (nSPS) is 10.1. The molecule has 82 valence electrons. The fourth-order valence-electron chi connectivity index (χ4n) is 1.40. The molecule has 6 nitrogen and oxygen atoms in total. The molecule has 0 atom stereocenters. The van der Waals surface area contributed by atoms with Crippen molar-refractivity contribution in [3.63, 3.8) is 0 Å². The van der Waals surface area contributed by atoms with Crippen LogP contribution in [0.2, 0.25) is 0 Å². The van der Waals surface area contributed by atoms with Gasteiger partial charge in [-0.25, -0.2) is 4.79 Å². The summed E-state index contributed by atoms with van der Waals surface area (Å²) >= 11 is 0. The van der Waals surface area contributed by atoms with Crippen LogP contribution in [-0.2, 0) is 4.74 Å². The zero-order valence-electron chi connectivity index (χ0n) is 8.89. The van der Waals surface area contributed by atoms with Gasteiger partial charge in [0.1, 0.15) is 0 Å². The second kappa shape index (κ2) is 4.09. The number of aromatic nitrogens is 4. The third-order valence-electron chi connectivity index (χ3n) is 2.17. The number of carbonyl (C=O) groups is 1. The Bertz CT molecular complexity index is 521. The zero-order chi connectivity index (χ0) is 11.5. The van der Waals surface area contributed by atoms with E-state index >= 15 is 0 Å². The van der Waals surface area contributed by atoms with E-state index in [4.69, 9.17) is 0 Å². The molecule has 0 saturated carbocycles. The van der Waals surface area contributed by atoms with Crippen molar-refractivity contribution in [1.29, 1.82) is 0 Å². The van der Waals surface area contributed by atoms with Crippen LogP contribution in [0, 0.1) is 6.92 Å². The fourth-order valence-corrected chi connectivity index (χ4v) is 1.40. The number of ether oxygens (including phenoxy) is 1. The van der Waals surface area contributed by atoms with E-state index in [1.54, 1.807) is 12.4 Å². The molecule has 0 amide bonds. The van der Waals surface area contributed by atoms with E-state index in [1.165, 1.54) is 13.3 Å². The van der Waals surface area contributed by atoms with E-state index in [9.17, 15) is 4.79 Å². The van der Waals surface area contributed by atoms with Gasteiger partial charge in [-0.1, -0.05) is 0 Å². The number of nitrogens with one attached hydrogen (secondary N) is 1. The van der Waals surface area contributed by atoms with Gasteiger partial charge in [0.25, 0.3) is 0 Å². The second-order valence-electron chi connectivity index (χ2n) is 3.14. The first-order chi connectivity index (χ1) is 7.74. The molecule has 0 unspecified atom stereocenters. The number of hydrogen-bond donors (Lipinski definition) is 1. The molecule has 0 bridgehead atoms. The van der Waals surface area contributed by atoms with Gasteiger partial charge in [0.05, 0.1) is 30.3 Å². The average molecular weight is 218 g/mol. The van der Waals surface area contributed by atoms with Gasteiger partial charge < -0.3 is 4.74 Å². The summed E-state index contributed by atoms with van der Waals surface area (Å²) in [4.78, 5) is 19.7. The molecule has 16 heavy (non-hydrogen) atoms. The lowest BCUT2D eigenvalue weighted by Crippen LogP contribution is -2.04. The van der Waals surface area contributed by atoms with E-state index in [-0.39, 0.29) is 5.69 Å². The molecular formula is C10H10N4O2. The van der Waals surface area contributed by atoms with Crippen LogP contribution in [0.4, 0.5) is 0 Å². The minimum atomic E-state index is -0.474. The number of hydrogen-bond acceptors (Lipinski definition) is 5. The highest BCUT2D eigenvalue weighted by molar-refractivity contribution is 5.94. The van der Waals surface area contributed by atoms with Gasteiger partial charge in [0.2, 0.25) is 0 Å². The molecule has 2 heterocycles. The number of rotatable bonds is 2. The van der Waals surface area contributed by atoms with Crippen LogP contribution >= 0.6 is 0 Å². The predicted octanol–water partition coefficient (Wildman–Crippen LogP) is 0.962. The highest BCUT2D eigenvalue weighted by Crippen LogP contribution is 2.21. The van der Waals surface area contributed by atoms with E-state index in [1.807, 2.05) is 6.92 Å². The largest absolute Gasteiger partial charge is 0.464 e. The summed E-state index contributed by atoms with van der Waals surface area (Å²) in [6.07, 6.45) is 4.69. The highest BCUT2D eigenvalue weighted by Gasteiger charge is 2.18. The van der Waals surface area contributed by atoms with Crippen LogP contribution in [0.5, 0.6) is 0 Å². The Morgan fingerprint density at radius 3 is 2.81 bits per heavy atom. The number of H-pyrrole nitrogens is 1. The van der Waals surface area contributed by atoms with Gasteiger partial charge in [0, 0.05) is 12.4 Å². The third kappa shape index (κ3) is 1.65. The predicted molar refractivity (Wildman–Crippen MR) is 55.7 cm³/mol. The average Bonchev–Trinajstić information content (AvgIpc) is 2.77. The highest BCUT2D eigenvalue weighted by atomic mass is 16.5. The maximum Gasteiger partial charge on any atom is 0.356 e. The molecule has 0 aliphatic heterocycles. The fraction of sp³-hybridized carbons (Fsp3) is 0.200. The summed E-state index contributed by atoms with van der Waals surface area (Å²) in [6, 6.07) is 0. The molecule has 0 fully saturated rings. The van der Waals surface area contributed by atoms with Gasteiger partial charge >= 0.3 is 5.97 Å². The van der Waals surface area contributed by atoms with Crippen molar-refractivity contribution in [3.8, 4) is 11.3 Å². The molecule has 0 aliphatic rings. The smallest absolute Gasteiger partial charge is 0.356 e. The quantitative estimate of drug-likeness (QED) is 0.759. The number of nitrogens with zero attached hydrogens (tertiary/aromatic N) is 3. The SMILES string of the molecule is COC(=O)c1[nH]ncc1-c1nccnc1C. The summed E-state index contributed by atoms with van der Waals surface area (Å²) < 4.78 is 4.64. The second-order valence-corrected chi connectivity index (χ2v) is 3.14. The van der Waals surface area contributed by atoms with E-state index in [2.05, 4.69) is 24.9 Å². The molecule has 0 spiro atoms.